The summed E-state index contributed by atoms with van der Waals surface area (Å²) < 4.78 is 0. The molecule has 2 aliphatic carbocycles. The smallest absolute Gasteiger partial charge is 0.227 e. The maximum atomic E-state index is 12.6. The molecule has 0 aromatic carbocycles. The summed E-state index contributed by atoms with van der Waals surface area (Å²) in [6.07, 6.45) is 8.73. The van der Waals surface area contributed by atoms with Gasteiger partial charge < -0.3 is 16.2 Å². The van der Waals surface area contributed by atoms with Gasteiger partial charge in [-0.05, 0) is 43.9 Å². The number of carbonyl (C=O) groups excluding carboxylic acids is 1. The third-order valence-corrected chi connectivity index (χ3v) is 5.80. The average Bonchev–Trinajstić information content (AvgIpc) is 2.49. The van der Waals surface area contributed by atoms with Crippen molar-refractivity contribution in [2.75, 3.05) is 13.1 Å². The first-order valence-electron chi connectivity index (χ1n) is 8.52. The van der Waals surface area contributed by atoms with E-state index in [0.717, 1.165) is 51.4 Å². The molecule has 0 radical (unpaired) electrons. The maximum absolute atomic E-state index is 12.6. The molecule has 0 atom stereocenters. The monoisotopic (exact) mass is 296 g/mol. The molecular formula is C17H32N2O2. The normalized spacial score (nSPS) is 27.0. The quantitative estimate of drug-likeness (QED) is 0.745. The van der Waals surface area contributed by atoms with E-state index < -0.39 is 5.60 Å². The number of hydrogen-bond donors (Lipinski definition) is 3. The first-order chi connectivity index (χ1) is 9.81. The van der Waals surface area contributed by atoms with Crippen LogP contribution in [0.4, 0.5) is 0 Å². The molecule has 2 rings (SSSR count). The fourth-order valence-corrected chi connectivity index (χ4v) is 3.75. The molecule has 1 amide bonds. The van der Waals surface area contributed by atoms with E-state index in [1.807, 2.05) is 0 Å². The van der Waals surface area contributed by atoms with E-state index >= 15 is 0 Å². The highest BCUT2D eigenvalue weighted by Gasteiger charge is 2.41. The van der Waals surface area contributed by atoms with Crippen LogP contribution in [0.1, 0.15) is 71.6 Å². The summed E-state index contributed by atoms with van der Waals surface area (Å²) in [5, 5.41) is 13.7. The minimum atomic E-state index is -0.727. The lowest BCUT2D eigenvalue weighted by atomic mass is 9.70. The molecule has 2 aliphatic rings. The van der Waals surface area contributed by atoms with E-state index in [9.17, 15) is 9.90 Å². The molecule has 2 fully saturated rings. The van der Waals surface area contributed by atoms with Crippen molar-refractivity contribution < 1.29 is 9.90 Å². The van der Waals surface area contributed by atoms with Gasteiger partial charge in [-0.25, -0.2) is 0 Å². The van der Waals surface area contributed by atoms with E-state index in [-0.39, 0.29) is 11.3 Å². The lowest BCUT2D eigenvalue weighted by Crippen LogP contribution is -2.52. The summed E-state index contributed by atoms with van der Waals surface area (Å²) in [6.45, 7) is 5.29. The summed E-state index contributed by atoms with van der Waals surface area (Å²) in [5.41, 5.74) is 5.10. The predicted molar refractivity (Wildman–Crippen MR) is 84.8 cm³/mol. The molecule has 0 saturated heterocycles. The van der Waals surface area contributed by atoms with Gasteiger partial charge in [0.05, 0.1) is 11.0 Å². The van der Waals surface area contributed by atoms with Crippen LogP contribution in [0, 0.1) is 10.8 Å². The molecule has 0 aliphatic heterocycles. The fraction of sp³-hybridized carbons (Fsp3) is 0.941. The molecule has 0 spiro atoms. The van der Waals surface area contributed by atoms with Crippen molar-refractivity contribution in [1.82, 2.24) is 5.32 Å². The molecular weight excluding hydrogens is 264 g/mol. The van der Waals surface area contributed by atoms with Crippen molar-refractivity contribution in [1.29, 1.82) is 0 Å². The van der Waals surface area contributed by atoms with Crippen LogP contribution in [0.15, 0.2) is 0 Å². The molecule has 0 bridgehead atoms. The fourth-order valence-electron chi connectivity index (χ4n) is 3.75. The molecule has 4 heteroatoms. The Morgan fingerprint density at radius 3 is 2.14 bits per heavy atom. The topological polar surface area (TPSA) is 75.3 Å². The van der Waals surface area contributed by atoms with Gasteiger partial charge >= 0.3 is 0 Å². The van der Waals surface area contributed by atoms with Crippen molar-refractivity contribution in [2.45, 2.75) is 77.2 Å². The minimum Gasteiger partial charge on any atom is -0.388 e. The van der Waals surface area contributed by atoms with Crippen molar-refractivity contribution >= 4 is 5.91 Å². The van der Waals surface area contributed by atoms with Crippen LogP contribution in [-0.2, 0) is 4.79 Å². The molecule has 4 N–H and O–H groups in total. The third-order valence-electron chi connectivity index (χ3n) is 5.80. The highest BCUT2D eigenvalue weighted by molar-refractivity contribution is 5.83. The highest BCUT2D eigenvalue weighted by Crippen LogP contribution is 2.40. The Bertz CT molecular complexity index is 363. The summed E-state index contributed by atoms with van der Waals surface area (Å²) in [5.74, 6) is 0.0583. The van der Waals surface area contributed by atoms with E-state index in [1.54, 1.807) is 0 Å². The minimum absolute atomic E-state index is 0.0583. The van der Waals surface area contributed by atoms with Crippen molar-refractivity contribution in [3.05, 3.63) is 0 Å². The average molecular weight is 296 g/mol. The second kappa shape index (κ2) is 6.25. The van der Waals surface area contributed by atoms with Crippen LogP contribution in [0.3, 0.4) is 0 Å². The lowest BCUT2D eigenvalue weighted by Gasteiger charge is -2.41. The molecule has 0 heterocycles. The Labute approximate surface area is 128 Å². The van der Waals surface area contributed by atoms with Crippen LogP contribution in [-0.4, -0.2) is 29.7 Å². The van der Waals surface area contributed by atoms with Gasteiger partial charge in [0.15, 0.2) is 0 Å². The number of amides is 1. The Kier molecular flexibility index (Phi) is 4.99. The zero-order valence-electron chi connectivity index (χ0n) is 13.7. The first kappa shape index (κ1) is 16.8. The molecule has 2 saturated carbocycles. The summed E-state index contributed by atoms with van der Waals surface area (Å²) in [4.78, 5) is 12.6. The van der Waals surface area contributed by atoms with E-state index in [4.69, 9.17) is 5.73 Å². The second-order valence-corrected chi connectivity index (χ2v) is 8.12. The van der Waals surface area contributed by atoms with Crippen LogP contribution < -0.4 is 11.1 Å². The first-order valence-corrected chi connectivity index (χ1v) is 8.52. The standard InChI is InChI=1S/C17H32N2O2/c1-15(2)8-10-17(21,11-9-15)13-19-14(20)16(12-18)6-4-3-5-7-16/h21H,3-13,18H2,1-2H3,(H,19,20). The van der Waals surface area contributed by atoms with Gasteiger partial charge in [-0.1, -0.05) is 33.1 Å². The van der Waals surface area contributed by atoms with Crippen LogP contribution in [0.25, 0.3) is 0 Å². The van der Waals surface area contributed by atoms with Gasteiger partial charge in [0.25, 0.3) is 0 Å². The molecule has 0 aromatic rings. The number of nitrogens with one attached hydrogen (secondary N) is 1. The molecule has 21 heavy (non-hydrogen) atoms. The van der Waals surface area contributed by atoms with Gasteiger partial charge in [0, 0.05) is 13.1 Å². The molecule has 0 aromatic heterocycles. The van der Waals surface area contributed by atoms with Crippen molar-refractivity contribution in [3.63, 3.8) is 0 Å². The van der Waals surface area contributed by atoms with Gasteiger partial charge in [0.1, 0.15) is 0 Å². The van der Waals surface area contributed by atoms with E-state index in [0.29, 0.717) is 18.5 Å². The molecule has 122 valence electrons. The highest BCUT2D eigenvalue weighted by atomic mass is 16.3. The number of rotatable bonds is 4. The Balaban J connectivity index is 1.88. The van der Waals surface area contributed by atoms with Gasteiger partial charge in [-0.3, -0.25) is 4.79 Å². The zero-order chi connectivity index (χ0) is 15.6. The van der Waals surface area contributed by atoms with E-state index in [2.05, 4.69) is 19.2 Å². The largest absolute Gasteiger partial charge is 0.388 e. The summed E-state index contributed by atoms with van der Waals surface area (Å²) in [7, 11) is 0. The van der Waals surface area contributed by atoms with Gasteiger partial charge in [0.2, 0.25) is 5.91 Å². The number of hydrogen-bond acceptors (Lipinski definition) is 3. The van der Waals surface area contributed by atoms with Crippen LogP contribution in [0.2, 0.25) is 0 Å². The molecule has 0 unspecified atom stereocenters. The maximum Gasteiger partial charge on any atom is 0.227 e. The number of aliphatic hydroxyl groups is 1. The number of carbonyl (C=O) groups is 1. The second-order valence-electron chi connectivity index (χ2n) is 8.12. The van der Waals surface area contributed by atoms with Gasteiger partial charge in [-0.2, -0.15) is 0 Å². The van der Waals surface area contributed by atoms with E-state index in [1.165, 1.54) is 6.42 Å². The SMILES string of the molecule is CC1(C)CCC(O)(CNC(=O)C2(CN)CCCCC2)CC1. The number of nitrogens with two attached hydrogens (primary N) is 1. The Morgan fingerprint density at radius 1 is 1.05 bits per heavy atom. The van der Waals surface area contributed by atoms with Crippen molar-refractivity contribution in [3.8, 4) is 0 Å². The molecule has 4 nitrogen and oxygen atoms in total. The predicted octanol–water partition coefficient (Wildman–Crippen LogP) is 2.34. The third kappa shape index (κ3) is 3.98. The Hall–Kier alpha value is -0.610. The van der Waals surface area contributed by atoms with Gasteiger partial charge in [-0.15, -0.1) is 0 Å². The zero-order valence-corrected chi connectivity index (χ0v) is 13.7. The Morgan fingerprint density at radius 2 is 1.62 bits per heavy atom. The van der Waals surface area contributed by atoms with Crippen molar-refractivity contribution in [2.24, 2.45) is 16.6 Å². The van der Waals surface area contributed by atoms with Crippen LogP contribution in [0.5, 0.6) is 0 Å². The summed E-state index contributed by atoms with van der Waals surface area (Å²) in [6, 6.07) is 0. The lowest BCUT2D eigenvalue weighted by molar-refractivity contribution is -0.134. The summed E-state index contributed by atoms with van der Waals surface area (Å²) >= 11 is 0. The van der Waals surface area contributed by atoms with Crippen LogP contribution >= 0.6 is 0 Å².